The number of hydrogen-bond donors (Lipinski definition) is 0. The first-order chi connectivity index (χ1) is 9.86. The Bertz CT molecular complexity index is 509. The summed E-state index contributed by atoms with van der Waals surface area (Å²) in [6, 6.07) is 6.46. The number of hydrogen-bond acceptors (Lipinski definition) is 2. The van der Waals surface area contributed by atoms with Crippen LogP contribution in [0.1, 0.15) is 64.5 Å². The van der Waals surface area contributed by atoms with Crippen molar-refractivity contribution in [3.63, 3.8) is 0 Å². The molecule has 0 fully saturated rings. The molecule has 0 saturated carbocycles. The van der Waals surface area contributed by atoms with E-state index < -0.39 is 14.8 Å². The number of para-hydroxylation sites is 1. The van der Waals surface area contributed by atoms with Crippen LogP contribution in [0.5, 0.6) is 0 Å². The molecule has 0 unspecified atom stereocenters. The van der Waals surface area contributed by atoms with Crippen molar-refractivity contribution >= 4 is 36.2 Å². The third-order valence-corrected chi connectivity index (χ3v) is 4.48. The van der Waals surface area contributed by atoms with Crippen LogP contribution in [0, 0.1) is 0 Å². The second-order valence-corrected chi connectivity index (χ2v) is 7.34. The average molecular weight is 366 g/mol. The Morgan fingerprint density at radius 2 is 1.67 bits per heavy atom. The standard InChI is InChI=1S/C17H24ClGeNO/c1-11(2)15-8-7-9-16(12(3)4)17(15)20-13(5)10-14(6)21-19-18/h7-12H,1-6H3/b14-10-,20-13?. The van der Waals surface area contributed by atoms with Gasteiger partial charge in [-0.25, -0.2) is 0 Å². The van der Waals surface area contributed by atoms with Crippen LogP contribution in [0.4, 0.5) is 5.69 Å². The van der Waals surface area contributed by atoms with E-state index in [9.17, 15) is 0 Å². The van der Waals surface area contributed by atoms with Crippen molar-refractivity contribution < 1.29 is 3.76 Å². The summed E-state index contributed by atoms with van der Waals surface area (Å²) < 4.78 is 5.38. The molecule has 114 valence electrons. The Balaban J connectivity index is 3.30. The molecule has 0 aliphatic carbocycles. The fraction of sp³-hybridized carbons (Fsp3) is 0.471. The number of halogens is 1. The predicted octanol–water partition coefficient (Wildman–Crippen LogP) is 5.72. The van der Waals surface area contributed by atoms with Crippen LogP contribution in [0.25, 0.3) is 0 Å². The van der Waals surface area contributed by atoms with Gasteiger partial charge in [0.1, 0.15) is 0 Å². The molecular formula is C17H24ClGeNO. The zero-order valence-corrected chi connectivity index (χ0v) is 16.6. The van der Waals surface area contributed by atoms with Gasteiger partial charge in [0.2, 0.25) is 0 Å². The topological polar surface area (TPSA) is 21.6 Å². The van der Waals surface area contributed by atoms with Crippen molar-refractivity contribution in [1.82, 2.24) is 0 Å². The third-order valence-electron chi connectivity index (χ3n) is 3.24. The van der Waals surface area contributed by atoms with Crippen LogP contribution < -0.4 is 0 Å². The van der Waals surface area contributed by atoms with E-state index in [1.54, 1.807) is 0 Å². The Kier molecular flexibility index (Phi) is 7.54. The molecule has 21 heavy (non-hydrogen) atoms. The molecule has 0 heterocycles. The average Bonchev–Trinajstić information content (AvgIpc) is 2.38. The van der Waals surface area contributed by atoms with E-state index in [4.69, 9.17) is 18.8 Å². The molecule has 0 bridgehead atoms. The molecule has 0 aliphatic heterocycles. The summed E-state index contributed by atoms with van der Waals surface area (Å²) >= 11 is -0.829. The Labute approximate surface area is 139 Å². The molecule has 0 amide bonds. The van der Waals surface area contributed by atoms with Gasteiger partial charge in [-0.05, 0) is 0 Å². The molecule has 0 spiro atoms. The van der Waals surface area contributed by atoms with Gasteiger partial charge < -0.3 is 0 Å². The van der Waals surface area contributed by atoms with E-state index in [1.165, 1.54) is 11.1 Å². The first-order valence-electron chi connectivity index (χ1n) is 7.25. The third kappa shape index (κ3) is 5.51. The van der Waals surface area contributed by atoms with Crippen LogP contribution in [-0.2, 0) is 3.76 Å². The quantitative estimate of drug-likeness (QED) is 0.358. The maximum atomic E-state index is 5.70. The molecule has 0 aromatic heterocycles. The van der Waals surface area contributed by atoms with Gasteiger partial charge in [0, 0.05) is 0 Å². The fourth-order valence-corrected chi connectivity index (χ4v) is 3.25. The summed E-state index contributed by atoms with van der Waals surface area (Å²) in [5.74, 6) is 1.73. The minimum absolute atomic E-state index is 0.450. The summed E-state index contributed by atoms with van der Waals surface area (Å²) in [5.41, 5.74) is 4.63. The van der Waals surface area contributed by atoms with Crippen molar-refractivity contribution in [2.45, 2.75) is 53.4 Å². The zero-order valence-electron chi connectivity index (χ0n) is 13.7. The van der Waals surface area contributed by atoms with E-state index in [0.29, 0.717) is 11.8 Å². The second kappa shape index (κ2) is 8.64. The summed E-state index contributed by atoms with van der Waals surface area (Å²) in [7, 11) is 5.70. The molecule has 0 aliphatic rings. The minimum atomic E-state index is -0.829. The fourth-order valence-electron chi connectivity index (χ4n) is 2.23. The van der Waals surface area contributed by atoms with Crippen LogP contribution in [-0.4, -0.2) is 20.6 Å². The SMILES string of the molecule is CC(/C=C(/C)[O][Ge][Cl])=Nc1c(C(C)C)cccc1C(C)C. The van der Waals surface area contributed by atoms with Crippen LogP contribution in [0.2, 0.25) is 0 Å². The Morgan fingerprint density at radius 3 is 2.10 bits per heavy atom. The van der Waals surface area contributed by atoms with Gasteiger partial charge in [-0.15, -0.1) is 0 Å². The number of allylic oxidation sites excluding steroid dienone is 2. The Morgan fingerprint density at radius 1 is 1.14 bits per heavy atom. The van der Waals surface area contributed by atoms with Gasteiger partial charge >= 0.3 is 140 Å². The number of rotatable bonds is 6. The molecule has 2 radical (unpaired) electrons. The predicted molar refractivity (Wildman–Crippen MR) is 93.8 cm³/mol. The Hall–Kier alpha value is -0.737. The van der Waals surface area contributed by atoms with Crippen molar-refractivity contribution in [3.8, 4) is 0 Å². The van der Waals surface area contributed by atoms with E-state index in [2.05, 4.69) is 45.9 Å². The monoisotopic (exact) mass is 367 g/mol. The maximum absolute atomic E-state index is 5.70. The summed E-state index contributed by atoms with van der Waals surface area (Å²) in [6.45, 7) is 12.7. The van der Waals surface area contributed by atoms with Crippen molar-refractivity contribution in [2.75, 3.05) is 0 Å². The summed E-state index contributed by atoms with van der Waals surface area (Å²) in [5, 5.41) is 0. The van der Waals surface area contributed by atoms with Crippen LogP contribution in [0.3, 0.4) is 0 Å². The molecule has 1 aromatic carbocycles. The molecule has 4 heteroatoms. The first kappa shape index (κ1) is 18.3. The van der Waals surface area contributed by atoms with Crippen LogP contribution in [0.15, 0.2) is 35.0 Å². The van der Waals surface area contributed by atoms with Crippen molar-refractivity contribution in [3.05, 3.63) is 41.2 Å². The summed E-state index contributed by atoms with van der Waals surface area (Å²) in [6.07, 6.45) is 1.95. The second-order valence-electron chi connectivity index (χ2n) is 5.78. The van der Waals surface area contributed by atoms with E-state index in [1.807, 2.05) is 19.9 Å². The summed E-state index contributed by atoms with van der Waals surface area (Å²) in [4.78, 5) is 4.85. The van der Waals surface area contributed by atoms with Gasteiger partial charge in [0.15, 0.2) is 0 Å². The molecule has 0 N–H and O–H groups in total. The molecule has 0 atom stereocenters. The van der Waals surface area contributed by atoms with Gasteiger partial charge in [-0.3, -0.25) is 0 Å². The van der Waals surface area contributed by atoms with Crippen molar-refractivity contribution in [1.29, 1.82) is 0 Å². The number of aliphatic imine (C=N–C) groups is 1. The van der Waals surface area contributed by atoms with Gasteiger partial charge in [0.05, 0.1) is 0 Å². The van der Waals surface area contributed by atoms with E-state index in [-0.39, 0.29) is 0 Å². The van der Waals surface area contributed by atoms with Crippen molar-refractivity contribution in [2.24, 2.45) is 4.99 Å². The first-order valence-corrected chi connectivity index (χ1v) is 10.9. The number of nitrogens with zero attached hydrogens (tertiary/aromatic N) is 1. The van der Waals surface area contributed by atoms with Crippen LogP contribution >= 0.6 is 10.0 Å². The molecule has 1 aromatic rings. The normalized spacial score (nSPS) is 13.2. The number of benzene rings is 1. The van der Waals surface area contributed by atoms with Gasteiger partial charge in [-0.2, -0.15) is 0 Å². The van der Waals surface area contributed by atoms with Gasteiger partial charge in [-0.1, -0.05) is 0 Å². The zero-order chi connectivity index (χ0) is 16.0. The van der Waals surface area contributed by atoms with E-state index in [0.717, 1.165) is 17.2 Å². The van der Waals surface area contributed by atoms with Gasteiger partial charge in [0.25, 0.3) is 0 Å². The molecular weight excluding hydrogens is 342 g/mol. The van der Waals surface area contributed by atoms with E-state index >= 15 is 0 Å². The molecule has 1 rings (SSSR count). The molecule has 2 nitrogen and oxygen atoms in total. The molecule has 0 saturated heterocycles.